The lowest BCUT2D eigenvalue weighted by Crippen LogP contribution is -2.50. The lowest BCUT2D eigenvalue weighted by Gasteiger charge is -2.35. The molecule has 3 aromatic rings. The molecular weight excluding hydrogens is 519 g/mol. The van der Waals surface area contributed by atoms with Crippen molar-refractivity contribution in [1.82, 2.24) is 4.31 Å². The molecule has 2 aliphatic heterocycles. The van der Waals surface area contributed by atoms with Gasteiger partial charge in [0.05, 0.1) is 23.7 Å². The summed E-state index contributed by atoms with van der Waals surface area (Å²) in [5.74, 6) is -0.619. The Balaban J connectivity index is 1.45. The number of hydrogen-bond donors (Lipinski definition) is 1. The minimum Gasteiger partial charge on any atom is -0.378 e. The van der Waals surface area contributed by atoms with E-state index >= 15 is 0 Å². The van der Waals surface area contributed by atoms with E-state index in [2.05, 4.69) is 10.2 Å². The van der Waals surface area contributed by atoms with Gasteiger partial charge < -0.3 is 15.0 Å². The first-order chi connectivity index (χ1) is 18.1. The number of carbonyl (C=O) groups excluding carboxylic acids is 1. The lowest BCUT2D eigenvalue weighted by atomic mass is 9.95. The highest BCUT2D eigenvalue weighted by atomic mass is 32.2. The largest absolute Gasteiger partial charge is 0.417 e. The average molecular weight is 546 g/mol. The van der Waals surface area contributed by atoms with E-state index < -0.39 is 38.6 Å². The molecule has 0 bridgehead atoms. The number of benzene rings is 3. The van der Waals surface area contributed by atoms with Gasteiger partial charge in [0.2, 0.25) is 15.9 Å². The standard InChI is InChI=1S/C27H26F3N3O4S/c28-27(29,30)23-7-3-4-8-25(23)38(35,36)33-18-20-6-2-1-5-19(20)17-24(33)26(34)31-21-9-11-22(12-10-21)32-13-15-37-16-14-32/h1-12,24H,13-18H2,(H,31,34). The molecule has 1 unspecified atom stereocenters. The van der Waals surface area contributed by atoms with Gasteiger partial charge in [-0.2, -0.15) is 17.5 Å². The zero-order chi connectivity index (χ0) is 26.9. The molecule has 1 amide bonds. The number of alkyl halides is 3. The summed E-state index contributed by atoms with van der Waals surface area (Å²) < 4.78 is 74.8. The van der Waals surface area contributed by atoms with Gasteiger partial charge in [-0.25, -0.2) is 8.42 Å². The fourth-order valence-corrected chi connectivity index (χ4v) is 6.61. The number of halogens is 3. The van der Waals surface area contributed by atoms with Crippen molar-refractivity contribution in [3.05, 3.63) is 89.5 Å². The summed E-state index contributed by atoms with van der Waals surface area (Å²) in [7, 11) is -4.69. The number of sulfonamides is 1. The van der Waals surface area contributed by atoms with Crippen molar-refractivity contribution >= 4 is 27.3 Å². The summed E-state index contributed by atoms with van der Waals surface area (Å²) in [6.45, 7) is 2.53. The van der Waals surface area contributed by atoms with Crippen LogP contribution >= 0.6 is 0 Å². The SMILES string of the molecule is O=C(Nc1ccc(N2CCOCC2)cc1)C1Cc2ccccc2CN1S(=O)(=O)c1ccccc1C(F)(F)F. The molecular formula is C27H26F3N3O4S. The maximum atomic E-state index is 13.7. The van der Waals surface area contributed by atoms with Crippen molar-refractivity contribution in [2.24, 2.45) is 0 Å². The van der Waals surface area contributed by atoms with Crippen LogP contribution in [0.1, 0.15) is 16.7 Å². The Morgan fingerprint density at radius 3 is 2.21 bits per heavy atom. The molecule has 200 valence electrons. The third-order valence-electron chi connectivity index (χ3n) is 6.80. The number of morpholine rings is 1. The van der Waals surface area contributed by atoms with Crippen LogP contribution in [-0.4, -0.2) is 51.0 Å². The molecule has 11 heteroatoms. The quantitative estimate of drug-likeness (QED) is 0.518. The average Bonchev–Trinajstić information content (AvgIpc) is 2.92. The predicted octanol–water partition coefficient (Wildman–Crippen LogP) is 4.30. The molecule has 0 aliphatic carbocycles. The third kappa shape index (κ3) is 5.27. The monoisotopic (exact) mass is 545 g/mol. The minimum absolute atomic E-state index is 0.0291. The molecule has 2 aliphatic rings. The van der Waals surface area contributed by atoms with Gasteiger partial charge in [-0.05, 0) is 53.9 Å². The van der Waals surface area contributed by atoms with E-state index in [9.17, 15) is 26.4 Å². The van der Waals surface area contributed by atoms with Crippen LogP contribution in [0.2, 0.25) is 0 Å². The van der Waals surface area contributed by atoms with Gasteiger partial charge in [-0.15, -0.1) is 0 Å². The Labute approximate surface area is 218 Å². The first-order valence-corrected chi connectivity index (χ1v) is 13.6. The maximum Gasteiger partial charge on any atom is 0.417 e. The number of ether oxygens (including phenoxy) is 1. The zero-order valence-electron chi connectivity index (χ0n) is 20.3. The van der Waals surface area contributed by atoms with E-state index in [1.165, 1.54) is 6.07 Å². The van der Waals surface area contributed by atoms with E-state index in [0.29, 0.717) is 24.5 Å². The van der Waals surface area contributed by atoms with Crippen LogP contribution in [0, 0.1) is 0 Å². The van der Waals surface area contributed by atoms with Gasteiger partial charge in [0.15, 0.2) is 0 Å². The molecule has 1 N–H and O–H groups in total. The number of fused-ring (bicyclic) bond motifs is 1. The van der Waals surface area contributed by atoms with Crippen LogP contribution in [0.15, 0.2) is 77.7 Å². The van der Waals surface area contributed by atoms with Crippen molar-refractivity contribution in [3.63, 3.8) is 0 Å². The highest BCUT2D eigenvalue weighted by Gasteiger charge is 2.44. The normalized spacial score (nSPS) is 18.6. The third-order valence-corrected chi connectivity index (χ3v) is 8.71. The highest BCUT2D eigenvalue weighted by molar-refractivity contribution is 7.89. The fraction of sp³-hybridized carbons (Fsp3) is 0.296. The Morgan fingerprint density at radius 1 is 0.895 bits per heavy atom. The second kappa shape index (κ2) is 10.4. The van der Waals surface area contributed by atoms with Crippen molar-refractivity contribution < 1.29 is 31.1 Å². The second-order valence-electron chi connectivity index (χ2n) is 9.17. The fourth-order valence-electron chi connectivity index (χ4n) is 4.83. The molecule has 1 saturated heterocycles. The summed E-state index contributed by atoms with van der Waals surface area (Å²) in [6.07, 6.45) is -4.85. The molecule has 7 nitrogen and oxygen atoms in total. The number of amides is 1. The van der Waals surface area contributed by atoms with Gasteiger partial charge in [0.25, 0.3) is 0 Å². The molecule has 0 saturated carbocycles. The number of nitrogens with one attached hydrogen (secondary N) is 1. The van der Waals surface area contributed by atoms with E-state index in [0.717, 1.165) is 46.8 Å². The van der Waals surface area contributed by atoms with Crippen molar-refractivity contribution in [3.8, 4) is 0 Å². The number of anilines is 2. The molecule has 38 heavy (non-hydrogen) atoms. The van der Waals surface area contributed by atoms with E-state index in [4.69, 9.17) is 4.74 Å². The Kier molecular flexibility index (Phi) is 7.17. The molecule has 0 spiro atoms. The molecule has 2 heterocycles. The molecule has 5 rings (SSSR count). The maximum absolute atomic E-state index is 13.7. The van der Waals surface area contributed by atoms with Crippen LogP contribution in [0.3, 0.4) is 0 Å². The minimum atomic E-state index is -4.88. The first-order valence-electron chi connectivity index (χ1n) is 12.1. The predicted molar refractivity (Wildman–Crippen MR) is 136 cm³/mol. The van der Waals surface area contributed by atoms with E-state index in [-0.39, 0.29) is 13.0 Å². The number of nitrogens with zero attached hydrogens (tertiary/aromatic N) is 2. The van der Waals surface area contributed by atoms with Gasteiger partial charge in [-0.1, -0.05) is 36.4 Å². The topological polar surface area (TPSA) is 79.0 Å². The zero-order valence-corrected chi connectivity index (χ0v) is 21.1. The summed E-state index contributed by atoms with van der Waals surface area (Å²) in [5.41, 5.74) is 1.56. The first kappa shape index (κ1) is 26.2. The van der Waals surface area contributed by atoms with Gasteiger partial charge in [0, 0.05) is 31.0 Å². The Bertz CT molecular complexity index is 1420. The Hall–Kier alpha value is -3.41. The summed E-state index contributed by atoms with van der Waals surface area (Å²) >= 11 is 0. The second-order valence-corrected chi connectivity index (χ2v) is 11.0. The summed E-state index contributed by atoms with van der Waals surface area (Å²) in [5, 5.41) is 2.76. The van der Waals surface area contributed by atoms with Gasteiger partial charge in [0.1, 0.15) is 6.04 Å². The van der Waals surface area contributed by atoms with E-state index in [1.807, 2.05) is 12.1 Å². The molecule has 0 radical (unpaired) electrons. The molecule has 1 atom stereocenters. The molecule has 1 fully saturated rings. The van der Waals surface area contributed by atoms with Crippen molar-refractivity contribution in [1.29, 1.82) is 0 Å². The van der Waals surface area contributed by atoms with Crippen LogP contribution in [0.5, 0.6) is 0 Å². The molecule has 0 aromatic heterocycles. The van der Waals surface area contributed by atoms with Gasteiger partial charge in [-0.3, -0.25) is 4.79 Å². The van der Waals surface area contributed by atoms with Crippen molar-refractivity contribution in [2.75, 3.05) is 36.5 Å². The number of hydrogen-bond acceptors (Lipinski definition) is 5. The van der Waals surface area contributed by atoms with Crippen molar-refractivity contribution in [2.45, 2.75) is 30.1 Å². The summed E-state index contributed by atoms with van der Waals surface area (Å²) in [4.78, 5) is 14.7. The summed E-state index contributed by atoms with van der Waals surface area (Å²) in [6, 6.07) is 17.0. The number of rotatable bonds is 5. The van der Waals surface area contributed by atoms with Gasteiger partial charge >= 0.3 is 6.18 Å². The van der Waals surface area contributed by atoms with E-state index in [1.54, 1.807) is 36.4 Å². The number of carbonyl (C=O) groups is 1. The smallest absolute Gasteiger partial charge is 0.378 e. The molecule has 3 aromatic carbocycles. The Morgan fingerprint density at radius 2 is 1.53 bits per heavy atom. The van der Waals surface area contributed by atoms with Crippen LogP contribution in [-0.2, 0) is 38.7 Å². The van der Waals surface area contributed by atoms with Crippen LogP contribution < -0.4 is 10.2 Å². The highest BCUT2D eigenvalue weighted by Crippen LogP contribution is 2.37. The van der Waals surface area contributed by atoms with Crippen LogP contribution in [0.25, 0.3) is 0 Å². The lowest BCUT2D eigenvalue weighted by molar-refractivity contribution is -0.139. The van der Waals surface area contributed by atoms with Crippen LogP contribution in [0.4, 0.5) is 24.5 Å².